The van der Waals surface area contributed by atoms with Crippen molar-refractivity contribution < 1.29 is 14.3 Å². The molecule has 0 aliphatic carbocycles. The summed E-state index contributed by atoms with van der Waals surface area (Å²) in [7, 11) is 0. The molecule has 0 aromatic heterocycles. The maximum atomic E-state index is 11.5. The number of benzene rings is 1. The lowest BCUT2D eigenvalue weighted by atomic mass is 10.2. The van der Waals surface area contributed by atoms with Gasteiger partial charge >= 0.3 is 12.0 Å². The van der Waals surface area contributed by atoms with E-state index in [-0.39, 0.29) is 12.6 Å². The molecule has 3 N–H and O–H groups in total. The molecular formula is C14H18Cl2N2O3. The molecular weight excluding hydrogens is 315 g/mol. The first-order valence-corrected chi connectivity index (χ1v) is 7.37. The van der Waals surface area contributed by atoms with E-state index in [1.165, 1.54) is 0 Å². The number of hydrogen-bond acceptors (Lipinski definition) is 3. The van der Waals surface area contributed by atoms with E-state index in [0.717, 1.165) is 18.4 Å². The van der Waals surface area contributed by atoms with E-state index in [0.29, 0.717) is 29.4 Å². The van der Waals surface area contributed by atoms with E-state index in [2.05, 4.69) is 5.32 Å². The molecule has 7 heteroatoms. The van der Waals surface area contributed by atoms with Crippen LogP contribution in [-0.2, 0) is 16.1 Å². The van der Waals surface area contributed by atoms with Crippen LogP contribution in [0.25, 0.3) is 0 Å². The highest BCUT2D eigenvalue weighted by Gasteiger charge is 2.05. The molecule has 0 heterocycles. The van der Waals surface area contributed by atoms with E-state index in [9.17, 15) is 9.59 Å². The van der Waals surface area contributed by atoms with E-state index < -0.39 is 6.03 Å². The minimum atomic E-state index is -0.531. The molecule has 0 fully saturated rings. The van der Waals surface area contributed by atoms with Gasteiger partial charge in [-0.25, -0.2) is 4.79 Å². The highest BCUT2D eigenvalue weighted by molar-refractivity contribution is 6.42. The summed E-state index contributed by atoms with van der Waals surface area (Å²) in [5, 5.41) is 3.40. The molecule has 0 aliphatic heterocycles. The average Bonchev–Trinajstić information content (AvgIpc) is 2.43. The second-order valence-corrected chi connectivity index (χ2v) is 5.33. The number of carbonyl (C=O) groups excluding carboxylic acids is 2. The molecule has 0 unspecified atom stereocenters. The van der Waals surface area contributed by atoms with Crippen molar-refractivity contribution in [2.75, 3.05) is 6.54 Å². The van der Waals surface area contributed by atoms with Gasteiger partial charge in [-0.1, -0.05) is 35.7 Å². The number of amides is 2. The SMILES string of the molecule is NC(=O)NCCCCCC(=O)OCc1ccc(Cl)c(Cl)c1. The fourth-order valence-corrected chi connectivity index (χ4v) is 1.97. The number of ether oxygens (including phenoxy) is 1. The van der Waals surface area contributed by atoms with Crippen molar-refractivity contribution in [3.05, 3.63) is 33.8 Å². The normalized spacial score (nSPS) is 10.2. The molecule has 0 saturated carbocycles. The standard InChI is InChI=1S/C14H18Cl2N2O3/c15-11-6-5-10(8-12(11)16)9-21-13(19)4-2-1-3-7-18-14(17)20/h5-6,8H,1-4,7,9H2,(H3,17,18,20). The maximum absolute atomic E-state index is 11.5. The molecule has 0 radical (unpaired) electrons. The highest BCUT2D eigenvalue weighted by atomic mass is 35.5. The number of primary amides is 1. The van der Waals surface area contributed by atoms with Crippen molar-refractivity contribution in [2.24, 2.45) is 5.73 Å². The summed E-state index contributed by atoms with van der Waals surface area (Å²) in [6, 6.07) is 4.57. The lowest BCUT2D eigenvalue weighted by Crippen LogP contribution is -2.29. The minimum absolute atomic E-state index is 0.180. The molecule has 5 nitrogen and oxygen atoms in total. The molecule has 1 aromatic rings. The van der Waals surface area contributed by atoms with Crippen molar-refractivity contribution in [3.63, 3.8) is 0 Å². The first kappa shape index (κ1) is 17.6. The van der Waals surface area contributed by atoms with Gasteiger partial charge in [0.2, 0.25) is 0 Å². The average molecular weight is 333 g/mol. The van der Waals surface area contributed by atoms with Crippen LogP contribution in [0, 0.1) is 0 Å². The van der Waals surface area contributed by atoms with Crippen LogP contribution in [0.4, 0.5) is 4.79 Å². The van der Waals surface area contributed by atoms with E-state index in [1.54, 1.807) is 18.2 Å². The zero-order valence-corrected chi connectivity index (χ0v) is 13.0. The fourth-order valence-electron chi connectivity index (χ4n) is 1.65. The van der Waals surface area contributed by atoms with Crippen LogP contribution in [0.1, 0.15) is 31.2 Å². The number of carbonyl (C=O) groups is 2. The van der Waals surface area contributed by atoms with Gasteiger partial charge in [0.05, 0.1) is 10.0 Å². The summed E-state index contributed by atoms with van der Waals surface area (Å²) in [5.74, 6) is -0.260. The van der Waals surface area contributed by atoms with Crippen LogP contribution in [-0.4, -0.2) is 18.5 Å². The van der Waals surface area contributed by atoms with Crippen LogP contribution in [0.3, 0.4) is 0 Å². The zero-order chi connectivity index (χ0) is 15.7. The molecule has 0 saturated heterocycles. The topological polar surface area (TPSA) is 81.4 Å². The Morgan fingerprint density at radius 1 is 1.14 bits per heavy atom. The van der Waals surface area contributed by atoms with Crippen LogP contribution in [0.2, 0.25) is 10.0 Å². The lowest BCUT2D eigenvalue weighted by Gasteiger charge is -2.06. The van der Waals surface area contributed by atoms with Gasteiger partial charge in [-0.05, 0) is 30.5 Å². The third-order valence-corrected chi connectivity index (χ3v) is 3.48. The molecule has 0 bridgehead atoms. The monoisotopic (exact) mass is 332 g/mol. The Morgan fingerprint density at radius 2 is 1.90 bits per heavy atom. The minimum Gasteiger partial charge on any atom is -0.461 e. The van der Waals surface area contributed by atoms with E-state index in [4.69, 9.17) is 33.7 Å². The largest absolute Gasteiger partial charge is 0.461 e. The van der Waals surface area contributed by atoms with Crippen molar-refractivity contribution >= 4 is 35.2 Å². The molecule has 0 aliphatic rings. The van der Waals surface area contributed by atoms with Gasteiger partial charge in [0.25, 0.3) is 0 Å². The summed E-state index contributed by atoms with van der Waals surface area (Å²) in [5.41, 5.74) is 5.72. The number of esters is 1. The number of nitrogens with two attached hydrogens (primary N) is 1. The third kappa shape index (κ3) is 7.78. The Kier molecular flexibility index (Phi) is 7.93. The summed E-state index contributed by atoms with van der Waals surface area (Å²) < 4.78 is 5.14. The molecule has 116 valence electrons. The Bertz CT molecular complexity index is 495. The van der Waals surface area contributed by atoms with Crippen molar-refractivity contribution in [1.82, 2.24) is 5.32 Å². The molecule has 0 spiro atoms. The molecule has 0 atom stereocenters. The van der Waals surface area contributed by atoms with E-state index in [1.807, 2.05) is 0 Å². The van der Waals surface area contributed by atoms with Gasteiger partial charge in [0, 0.05) is 13.0 Å². The predicted octanol–water partition coefficient (Wildman–Crippen LogP) is 3.27. The Morgan fingerprint density at radius 3 is 2.57 bits per heavy atom. The molecule has 1 aromatic carbocycles. The lowest BCUT2D eigenvalue weighted by molar-refractivity contribution is -0.145. The number of rotatable bonds is 8. The predicted molar refractivity (Wildman–Crippen MR) is 82.3 cm³/mol. The first-order chi connectivity index (χ1) is 9.99. The van der Waals surface area contributed by atoms with Crippen LogP contribution >= 0.6 is 23.2 Å². The molecule has 1 rings (SSSR count). The van der Waals surface area contributed by atoms with Gasteiger partial charge in [0.1, 0.15) is 6.61 Å². The van der Waals surface area contributed by atoms with Crippen molar-refractivity contribution in [1.29, 1.82) is 0 Å². The number of nitrogens with one attached hydrogen (secondary N) is 1. The Hall–Kier alpha value is -1.46. The molecule has 21 heavy (non-hydrogen) atoms. The quantitative estimate of drug-likeness (QED) is 0.566. The number of urea groups is 1. The van der Waals surface area contributed by atoms with Gasteiger partial charge < -0.3 is 15.8 Å². The molecule has 2 amide bonds. The smallest absolute Gasteiger partial charge is 0.312 e. The van der Waals surface area contributed by atoms with Crippen LogP contribution in [0.15, 0.2) is 18.2 Å². The summed E-state index contributed by atoms with van der Waals surface area (Å²) >= 11 is 11.7. The van der Waals surface area contributed by atoms with Gasteiger partial charge in [-0.3, -0.25) is 4.79 Å². The second-order valence-electron chi connectivity index (χ2n) is 4.51. The fraction of sp³-hybridized carbons (Fsp3) is 0.429. The zero-order valence-electron chi connectivity index (χ0n) is 11.5. The van der Waals surface area contributed by atoms with Gasteiger partial charge in [0.15, 0.2) is 0 Å². The van der Waals surface area contributed by atoms with Gasteiger partial charge in [-0.2, -0.15) is 0 Å². The summed E-state index contributed by atoms with van der Waals surface area (Å²) in [4.78, 5) is 22.0. The highest BCUT2D eigenvalue weighted by Crippen LogP contribution is 2.22. The summed E-state index contributed by atoms with van der Waals surface area (Å²) in [6.07, 6.45) is 2.66. The van der Waals surface area contributed by atoms with E-state index >= 15 is 0 Å². The number of unbranched alkanes of at least 4 members (excludes halogenated alkanes) is 2. The van der Waals surface area contributed by atoms with Crippen molar-refractivity contribution in [3.8, 4) is 0 Å². The summed E-state index contributed by atoms with van der Waals surface area (Å²) in [6.45, 7) is 0.701. The van der Waals surface area contributed by atoms with Gasteiger partial charge in [-0.15, -0.1) is 0 Å². The number of halogens is 2. The second kappa shape index (κ2) is 9.47. The maximum Gasteiger partial charge on any atom is 0.312 e. The van der Waals surface area contributed by atoms with Crippen molar-refractivity contribution in [2.45, 2.75) is 32.3 Å². The van der Waals surface area contributed by atoms with Crippen LogP contribution < -0.4 is 11.1 Å². The Balaban J connectivity index is 2.13. The Labute approximate surface area is 133 Å². The first-order valence-electron chi connectivity index (χ1n) is 6.62. The number of hydrogen-bond donors (Lipinski definition) is 2. The van der Waals surface area contributed by atoms with Crippen LogP contribution in [0.5, 0.6) is 0 Å². The third-order valence-electron chi connectivity index (χ3n) is 2.74.